The molecule has 0 saturated carbocycles. The van der Waals surface area contributed by atoms with E-state index in [1.165, 1.54) is 71.9 Å². The largest absolute Gasteiger partial charge is 0.309 e. The van der Waals surface area contributed by atoms with Crippen LogP contribution in [0.15, 0.2) is 182 Å². The molecular formula is C56H42N4. The van der Waals surface area contributed by atoms with E-state index in [9.17, 15) is 0 Å². The molecule has 2 aromatic heterocycles. The van der Waals surface area contributed by atoms with Crippen LogP contribution in [0.2, 0.25) is 0 Å². The Morgan fingerprint density at radius 1 is 0.417 bits per heavy atom. The Morgan fingerprint density at radius 2 is 1.00 bits per heavy atom. The third-order valence-corrected chi connectivity index (χ3v) is 12.6. The fraction of sp³-hybridized carbons (Fsp3) is 0.0893. The molecule has 0 aliphatic heterocycles. The van der Waals surface area contributed by atoms with Crippen LogP contribution in [0.25, 0.3) is 95.0 Å². The molecule has 4 nitrogen and oxygen atoms in total. The van der Waals surface area contributed by atoms with Gasteiger partial charge in [0.25, 0.3) is 0 Å². The van der Waals surface area contributed by atoms with Gasteiger partial charge in [-0.1, -0.05) is 172 Å². The van der Waals surface area contributed by atoms with E-state index in [1.807, 2.05) is 60.7 Å². The molecule has 60 heavy (non-hydrogen) atoms. The zero-order valence-electron chi connectivity index (χ0n) is 34.1. The third kappa shape index (κ3) is 5.63. The van der Waals surface area contributed by atoms with Crippen LogP contribution in [-0.4, -0.2) is 19.5 Å². The zero-order chi connectivity index (χ0) is 40.5. The van der Waals surface area contributed by atoms with E-state index in [1.54, 1.807) is 0 Å². The lowest BCUT2D eigenvalue weighted by Crippen LogP contribution is -2.16. The molecule has 8 aromatic carbocycles. The highest BCUT2D eigenvalue weighted by atomic mass is 15.0. The molecule has 2 heterocycles. The van der Waals surface area contributed by atoms with Crippen molar-refractivity contribution in [3.63, 3.8) is 0 Å². The fourth-order valence-electron chi connectivity index (χ4n) is 9.62. The van der Waals surface area contributed by atoms with Crippen molar-refractivity contribution in [3.8, 4) is 73.2 Å². The average molecular weight is 771 g/mol. The molecule has 0 N–H and O–H groups in total. The molecule has 4 heteroatoms. The highest BCUT2D eigenvalue weighted by molar-refractivity contribution is 6.13. The Kier molecular flexibility index (Phi) is 8.25. The molecule has 0 saturated heterocycles. The second-order valence-corrected chi connectivity index (χ2v) is 16.5. The molecule has 11 rings (SSSR count). The summed E-state index contributed by atoms with van der Waals surface area (Å²) in [6, 6.07) is 65.0. The highest BCUT2D eigenvalue weighted by Gasteiger charge is 2.38. The van der Waals surface area contributed by atoms with E-state index in [0.717, 1.165) is 27.9 Å². The number of para-hydroxylation sites is 1. The van der Waals surface area contributed by atoms with Gasteiger partial charge in [-0.05, 0) is 93.7 Å². The van der Waals surface area contributed by atoms with Crippen LogP contribution >= 0.6 is 0 Å². The SMILES string of the molecule is Cc1ccc(-n2c3ccccc3c3ccc4c(c32)C(C)(C)c2ccccc2-4)cc1-c1cccc(-c2cccc(-c3nc(-c4ccccc4)nc(-c4ccccc4)n3)c2)c1C. The van der Waals surface area contributed by atoms with E-state index in [4.69, 9.17) is 15.0 Å². The van der Waals surface area contributed by atoms with Crippen molar-refractivity contribution < 1.29 is 0 Å². The monoisotopic (exact) mass is 770 g/mol. The van der Waals surface area contributed by atoms with E-state index >= 15 is 0 Å². The number of nitrogens with zero attached hydrogens (tertiary/aromatic N) is 4. The Labute approximate surface area is 350 Å². The van der Waals surface area contributed by atoms with Gasteiger partial charge in [-0.3, -0.25) is 0 Å². The van der Waals surface area contributed by atoms with Crippen molar-refractivity contribution in [1.29, 1.82) is 0 Å². The number of hydrogen-bond acceptors (Lipinski definition) is 3. The summed E-state index contributed by atoms with van der Waals surface area (Å²) in [4.78, 5) is 15.0. The van der Waals surface area contributed by atoms with Crippen molar-refractivity contribution in [1.82, 2.24) is 19.5 Å². The standard InChI is InChI=1S/C56H42N4/c1-35-29-30-41(60-50-28-14-12-24-45(50)47-32-31-46-44-23-11-13-27-49(44)56(3,4)51(46)52(47)60)34-48(35)43-26-16-25-42(36(43)2)39-21-15-22-40(33-39)55-58-53(37-17-7-5-8-18-37)57-54(59-55)38-19-9-6-10-20-38/h5-34H,1-4H3. The maximum atomic E-state index is 5.03. The van der Waals surface area contributed by atoms with Crippen LogP contribution in [0.1, 0.15) is 36.1 Å². The van der Waals surface area contributed by atoms with Crippen molar-refractivity contribution >= 4 is 21.8 Å². The summed E-state index contributed by atoms with van der Waals surface area (Å²) in [6.07, 6.45) is 0. The number of benzene rings is 8. The van der Waals surface area contributed by atoms with E-state index in [0.29, 0.717) is 17.5 Å². The summed E-state index contributed by atoms with van der Waals surface area (Å²) in [5.41, 5.74) is 19.0. The molecule has 1 aliphatic rings. The first-order chi connectivity index (χ1) is 29.3. The first-order valence-corrected chi connectivity index (χ1v) is 20.7. The van der Waals surface area contributed by atoms with Gasteiger partial charge in [-0.15, -0.1) is 0 Å². The predicted octanol–water partition coefficient (Wildman–Crippen LogP) is 14.2. The quantitative estimate of drug-likeness (QED) is 0.169. The smallest absolute Gasteiger partial charge is 0.164 e. The summed E-state index contributed by atoms with van der Waals surface area (Å²) in [7, 11) is 0. The third-order valence-electron chi connectivity index (χ3n) is 12.6. The number of rotatable bonds is 6. The van der Waals surface area contributed by atoms with E-state index in [-0.39, 0.29) is 5.41 Å². The highest BCUT2D eigenvalue weighted by Crippen LogP contribution is 2.53. The Hall–Kier alpha value is -7.43. The van der Waals surface area contributed by atoms with Crippen LogP contribution in [0.4, 0.5) is 0 Å². The molecule has 0 amide bonds. The van der Waals surface area contributed by atoms with Crippen LogP contribution in [0, 0.1) is 13.8 Å². The second kappa shape index (κ2) is 13.9. The van der Waals surface area contributed by atoms with Gasteiger partial charge in [-0.25, -0.2) is 15.0 Å². The first kappa shape index (κ1) is 35.7. The second-order valence-electron chi connectivity index (χ2n) is 16.5. The maximum absolute atomic E-state index is 5.03. The summed E-state index contributed by atoms with van der Waals surface area (Å²) in [5.74, 6) is 1.95. The fourth-order valence-corrected chi connectivity index (χ4v) is 9.62. The van der Waals surface area contributed by atoms with E-state index in [2.05, 4.69) is 154 Å². The van der Waals surface area contributed by atoms with Crippen LogP contribution < -0.4 is 0 Å². The number of aromatic nitrogens is 4. The molecule has 0 atom stereocenters. The number of fused-ring (bicyclic) bond motifs is 7. The Morgan fingerprint density at radius 3 is 1.75 bits per heavy atom. The molecule has 0 radical (unpaired) electrons. The Bertz CT molecular complexity index is 3250. The minimum absolute atomic E-state index is 0.155. The van der Waals surface area contributed by atoms with Crippen LogP contribution in [0.5, 0.6) is 0 Å². The molecule has 0 bridgehead atoms. The maximum Gasteiger partial charge on any atom is 0.164 e. The first-order valence-electron chi connectivity index (χ1n) is 20.7. The van der Waals surface area contributed by atoms with Gasteiger partial charge in [0.05, 0.1) is 11.0 Å². The van der Waals surface area contributed by atoms with Crippen molar-refractivity contribution in [2.45, 2.75) is 33.1 Å². The van der Waals surface area contributed by atoms with Crippen LogP contribution in [0.3, 0.4) is 0 Å². The molecule has 10 aromatic rings. The predicted molar refractivity (Wildman–Crippen MR) is 248 cm³/mol. The zero-order valence-corrected chi connectivity index (χ0v) is 34.1. The lowest BCUT2D eigenvalue weighted by molar-refractivity contribution is 0.664. The molecule has 0 fully saturated rings. The Balaban J connectivity index is 1.04. The summed E-state index contributed by atoms with van der Waals surface area (Å²) in [5, 5.41) is 2.56. The molecule has 286 valence electrons. The molecule has 0 unspecified atom stereocenters. The van der Waals surface area contributed by atoms with Gasteiger partial charge in [0, 0.05) is 38.6 Å². The lowest BCUT2D eigenvalue weighted by Gasteiger charge is -2.24. The van der Waals surface area contributed by atoms with Gasteiger partial charge in [0.1, 0.15) is 0 Å². The average Bonchev–Trinajstić information content (AvgIpc) is 3.75. The van der Waals surface area contributed by atoms with Gasteiger partial charge >= 0.3 is 0 Å². The molecular weight excluding hydrogens is 729 g/mol. The normalized spacial score (nSPS) is 12.8. The lowest BCUT2D eigenvalue weighted by atomic mass is 9.81. The summed E-state index contributed by atoms with van der Waals surface area (Å²) in [6.45, 7) is 9.24. The number of aryl methyl sites for hydroxylation is 1. The van der Waals surface area contributed by atoms with Crippen molar-refractivity contribution in [3.05, 3.63) is 204 Å². The molecule has 1 aliphatic carbocycles. The minimum Gasteiger partial charge on any atom is -0.309 e. The topological polar surface area (TPSA) is 43.6 Å². The van der Waals surface area contributed by atoms with Crippen molar-refractivity contribution in [2.75, 3.05) is 0 Å². The number of hydrogen-bond donors (Lipinski definition) is 0. The van der Waals surface area contributed by atoms with Gasteiger partial charge in [0.15, 0.2) is 17.5 Å². The van der Waals surface area contributed by atoms with Gasteiger partial charge < -0.3 is 4.57 Å². The minimum atomic E-state index is -0.155. The van der Waals surface area contributed by atoms with Gasteiger partial charge in [0.2, 0.25) is 0 Å². The summed E-state index contributed by atoms with van der Waals surface area (Å²) >= 11 is 0. The van der Waals surface area contributed by atoms with Gasteiger partial charge in [-0.2, -0.15) is 0 Å². The summed E-state index contributed by atoms with van der Waals surface area (Å²) < 4.78 is 2.52. The van der Waals surface area contributed by atoms with Crippen LogP contribution in [-0.2, 0) is 5.41 Å². The van der Waals surface area contributed by atoms with E-state index < -0.39 is 0 Å². The molecule has 0 spiro atoms. The van der Waals surface area contributed by atoms with Crippen molar-refractivity contribution in [2.24, 2.45) is 0 Å².